The van der Waals surface area contributed by atoms with Gasteiger partial charge in [-0.1, -0.05) is 29.8 Å². The van der Waals surface area contributed by atoms with Gasteiger partial charge in [0.2, 0.25) is 0 Å². The highest BCUT2D eigenvalue weighted by atomic mass is 35.5. The molecule has 144 valence electrons. The van der Waals surface area contributed by atoms with Crippen molar-refractivity contribution in [2.24, 2.45) is 0 Å². The number of benzene rings is 2. The second-order valence-electron chi connectivity index (χ2n) is 5.76. The van der Waals surface area contributed by atoms with Gasteiger partial charge in [0, 0.05) is 0 Å². The summed E-state index contributed by atoms with van der Waals surface area (Å²) in [6, 6.07) is 12.1. The van der Waals surface area contributed by atoms with E-state index in [1.807, 2.05) is 13.0 Å². The lowest BCUT2D eigenvalue weighted by molar-refractivity contribution is -0.122. The Kier molecular flexibility index (Phi) is 5.96. The lowest BCUT2D eigenvalue weighted by Gasteiger charge is -2.28. The Morgan fingerprint density at radius 1 is 1.21 bits per heavy atom. The number of halogens is 1. The van der Waals surface area contributed by atoms with Crippen LogP contribution in [0.4, 0.5) is 5.69 Å². The maximum Gasteiger partial charge on any atom is 0.270 e. The number of carbonyl (C=O) groups excluding carboxylic acids is 2. The molecular formula is C20H17ClN2O4S. The molecule has 0 aliphatic carbocycles. The predicted octanol–water partition coefficient (Wildman–Crippen LogP) is 3.58. The van der Waals surface area contributed by atoms with E-state index in [4.69, 9.17) is 33.3 Å². The summed E-state index contributed by atoms with van der Waals surface area (Å²) in [5.74, 6) is -0.294. The van der Waals surface area contributed by atoms with E-state index in [-0.39, 0.29) is 10.7 Å². The number of rotatable bonds is 5. The van der Waals surface area contributed by atoms with Gasteiger partial charge in [0.15, 0.2) is 16.6 Å². The monoisotopic (exact) mass is 416 g/mol. The predicted molar refractivity (Wildman–Crippen MR) is 112 cm³/mol. The number of carbonyl (C=O) groups is 2. The quantitative estimate of drug-likeness (QED) is 0.458. The third-order valence-corrected chi connectivity index (χ3v) is 4.53. The Bertz CT molecular complexity index is 976. The van der Waals surface area contributed by atoms with Crippen LogP contribution >= 0.6 is 23.8 Å². The molecule has 1 N–H and O–H groups in total. The minimum Gasteiger partial charge on any atom is -0.491 e. The van der Waals surface area contributed by atoms with E-state index in [0.717, 1.165) is 0 Å². The zero-order valence-electron chi connectivity index (χ0n) is 15.2. The van der Waals surface area contributed by atoms with Crippen molar-refractivity contribution in [3.05, 3.63) is 58.6 Å². The molecule has 2 amide bonds. The van der Waals surface area contributed by atoms with Crippen molar-refractivity contribution in [2.45, 2.75) is 6.92 Å². The maximum atomic E-state index is 13.0. The zero-order valence-corrected chi connectivity index (χ0v) is 16.8. The van der Waals surface area contributed by atoms with Crippen molar-refractivity contribution in [3.8, 4) is 11.5 Å². The molecular weight excluding hydrogens is 400 g/mol. The molecule has 2 aromatic carbocycles. The molecule has 0 bridgehead atoms. The first-order chi connectivity index (χ1) is 13.5. The number of hydrogen-bond acceptors (Lipinski definition) is 5. The molecule has 1 fully saturated rings. The van der Waals surface area contributed by atoms with Crippen LogP contribution in [0.3, 0.4) is 0 Å². The summed E-state index contributed by atoms with van der Waals surface area (Å²) in [6.07, 6.45) is 1.45. The van der Waals surface area contributed by atoms with Crippen LogP contribution in [0.15, 0.2) is 48.0 Å². The van der Waals surface area contributed by atoms with Crippen LogP contribution < -0.4 is 19.7 Å². The summed E-state index contributed by atoms with van der Waals surface area (Å²) in [5.41, 5.74) is 1.01. The number of thiocarbonyl (C=S) groups is 1. The third kappa shape index (κ3) is 3.85. The minimum absolute atomic E-state index is 0.0288. The summed E-state index contributed by atoms with van der Waals surface area (Å²) in [5, 5.41) is 2.88. The summed E-state index contributed by atoms with van der Waals surface area (Å²) >= 11 is 11.4. The second-order valence-corrected chi connectivity index (χ2v) is 6.55. The maximum absolute atomic E-state index is 13.0. The van der Waals surface area contributed by atoms with Crippen molar-refractivity contribution >= 4 is 52.5 Å². The van der Waals surface area contributed by atoms with E-state index in [1.54, 1.807) is 36.4 Å². The van der Waals surface area contributed by atoms with Gasteiger partial charge in [-0.15, -0.1) is 0 Å². The molecule has 0 radical (unpaired) electrons. The number of amides is 2. The van der Waals surface area contributed by atoms with E-state index in [0.29, 0.717) is 34.4 Å². The molecule has 2 aromatic rings. The smallest absolute Gasteiger partial charge is 0.270 e. The number of nitrogens with one attached hydrogen (secondary N) is 1. The fourth-order valence-corrected chi connectivity index (χ4v) is 3.35. The van der Waals surface area contributed by atoms with E-state index < -0.39 is 11.8 Å². The molecule has 1 saturated heterocycles. The highest BCUT2D eigenvalue weighted by molar-refractivity contribution is 7.80. The first-order valence-electron chi connectivity index (χ1n) is 8.43. The van der Waals surface area contributed by atoms with Gasteiger partial charge in [0.05, 0.1) is 24.4 Å². The molecule has 8 heteroatoms. The van der Waals surface area contributed by atoms with E-state index in [2.05, 4.69) is 5.32 Å². The topological polar surface area (TPSA) is 67.9 Å². The van der Waals surface area contributed by atoms with Crippen LogP contribution in [0.2, 0.25) is 5.02 Å². The number of hydrogen-bond donors (Lipinski definition) is 1. The van der Waals surface area contributed by atoms with Gasteiger partial charge in [-0.2, -0.15) is 0 Å². The SMILES string of the molecule is CCOc1cc(/C=C2/C(=O)NC(=S)N(c3ccccc3)C2=O)cc(Cl)c1OC. The van der Waals surface area contributed by atoms with Gasteiger partial charge in [-0.3, -0.25) is 19.8 Å². The summed E-state index contributed by atoms with van der Waals surface area (Å²) in [4.78, 5) is 26.7. The molecule has 6 nitrogen and oxygen atoms in total. The van der Waals surface area contributed by atoms with Crippen molar-refractivity contribution in [3.63, 3.8) is 0 Å². The molecule has 28 heavy (non-hydrogen) atoms. The molecule has 0 unspecified atom stereocenters. The Labute approximate surface area is 172 Å². The molecule has 1 aliphatic rings. The lowest BCUT2D eigenvalue weighted by Crippen LogP contribution is -2.54. The average Bonchev–Trinajstić information content (AvgIpc) is 2.66. The van der Waals surface area contributed by atoms with Gasteiger partial charge < -0.3 is 9.47 Å². The Morgan fingerprint density at radius 3 is 2.57 bits per heavy atom. The summed E-state index contributed by atoms with van der Waals surface area (Å²) in [6.45, 7) is 2.23. The van der Waals surface area contributed by atoms with Crippen LogP contribution in [0.25, 0.3) is 6.08 Å². The standard InChI is InChI=1S/C20H17ClN2O4S/c1-3-27-16-11-12(10-15(21)17(16)26-2)9-14-18(24)22-20(28)23(19(14)25)13-7-5-4-6-8-13/h4-11H,3H2,1-2H3,(H,22,24,28)/b14-9-. The molecule has 0 atom stereocenters. The van der Waals surface area contributed by atoms with Crippen LogP contribution in [0.5, 0.6) is 11.5 Å². The average molecular weight is 417 g/mol. The second kappa shape index (κ2) is 8.41. The van der Waals surface area contributed by atoms with E-state index in [1.165, 1.54) is 18.1 Å². The summed E-state index contributed by atoms with van der Waals surface area (Å²) < 4.78 is 10.8. The number of anilines is 1. The zero-order chi connectivity index (χ0) is 20.3. The highest BCUT2D eigenvalue weighted by Gasteiger charge is 2.34. The first-order valence-corrected chi connectivity index (χ1v) is 9.21. The molecule has 1 heterocycles. The number of para-hydroxylation sites is 1. The lowest BCUT2D eigenvalue weighted by atomic mass is 10.1. The van der Waals surface area contributed by atoms with Crippen molar-refractivity contribution in [2.75, 3.05) is 18.6 Å². The molecule has 0 spiro atoms. The number of ether oxygens (including phenoxy) is 2. The van der Waals surface area contributed by atoms with Crippen LogP contribution in [-0.2, 0) is 9.59 Å². The first kappa shape index (κ1) is 19.9. The van der Waals surface area contributed by atoms with Crippen molar-refractivity contribution < 1.29 is 19.1 Å². The molecule has 0 aromatic heterocycles. The summed E-state index contributed by atoms with van der Waals surface area (Å²) in [7, 11) is 1.48. The van der Waals surface area contributed by atoms with Gasteiger partial charge in [-0.05, 0) is 55.0 Å². The fraction of sp³-hybridized carbons (Fsp3) is 0.150. The normalized spacial score (nSPS) is 15.6. The third-order valence-electron chi connectivity index (χ3n) is 3.96. The fourth-order valence-electron chi connectivity index (χ4n) is 2.77. The van der Waals surface area contributed by atoms with E-state index >= 15 is 0 Å². The van der Waals surface area contributed by atoms with Gasteiger partial charge >= 0.3 is 0 Å². The highest BCUT2D eigenvalue weighted by Crippen LogP contribution is 2.37. The molecule has 0 saturated carbocycles. The van der Waals surface area contributed by atoms with Gasteiger partial charge in [0.1, 0.15) is 5.57 Å². The molecule has 3 rings (SSSR count). The van der Waals surface area contributed by atoms with Crippen LogP contribution in [-0.4, -0.2) is 30.6 Å². The Balaban J connectivity index is 2.04. The van der Waals surface area contributed by atoms with Crippen molar-refractivity contribution in [1.82, 2.24) is 5.32 Å². The Morgan fingerprint density at radius 2 is 1.93 bits per heavy atom. The van der Waals surface area contributed by atoms with Crippen molar-refractivity contribution in [1.29, 1.82) is 0 Å². The van der Waals surface area contributed by atoms with Gasteiger partial charge in [0.25, 0.3) is 11.8 Å². The minimum atomic E-state index is -0.577. The molecule has 1 aliphatic heterocycles. The van der Waals surface area contributed by atoms with Gasteiger partial charge in [-0.25, -0.2) is 0 Å². The van der Waals surface area contributed by atoms with Crippen LogP contribution in [0, 0.1) is 0 Å². The largest absolute Gasteiger partial charge is 0.491 e. The van der Waals surface area contributed by atoms with E-state index in [9.17, 15) is 9.59 Å². The number of nitrogens with zero attached hydrogens (tertiary/aromatic N) is 1. The Hall–Kier alpha value is -2.90. The number of methoxy groups -OCH3 is 1. The van der Waals surface area contributed by atoms with Crippen LogP contribution in [0.1, 0.15) is 12.5 Å².